The van der Waals surface area contributed by atoms with Crippen LogP contribution in [0.15, 0.2) is 0 Å². The molecule has 3 atom stereocenters. The van der Waals surface area contributed by atoms with Crippen molar-refractivity contribution in [2.45, 2.75) is 37.9 Å². The van der Waals surface area contributed by atoms with E-state index >= 15 is 0 Å². The van der Waals surface area contributed by atoms with Crippen LogP contribution < -0.4 is 5.73 Å². The van der Waals surface area contributed by atoms with E-state index in [2.05, 4.69) is 6.26 Å². The van der Waals surface area contributed by atoms with Gasteiger partial charge in [0.2, 0.25) is 0 Å². The third-order valence-corrected chi connectivity index (χ3v) is 4.25. The van der Waals surface area contributed by atoms with Crippen molar-refractivity contribution >= 4 is 11.8 Å². The van der Waals surface area contributed by atoms with E-state index in [-0.39, 0.29) is 0 Å². The van der Waals surface area contributed by atoms with Crippen LogP contribution in [0.2, 0.25) is 0 Å². The van der Waals surface area contributed by atoms with Crippen LogP contribution in [0.25, 0.3) is 0 Å². The molecule has 2 N–H and O–H groups in total. The molecule has 0 amide bonds. The number of thioether (sulfide) groups is 1. The Hall–Kier alpha value is 0.270. The van der Waals surface area contributed by atoms with Crippen molar-refractivity contribution in [1.82, 2.24) is 0 Å². The summed E-state index contributed by atoms with van der Waals surface area (Å²) in [5.74, 6) is 1.23. The summed E-state index contributed by atoms with van der Waals surface area (Å²) < 4.78 is 5.89. The first-order valence-corrected chi connectivity index (χ1v) is 6.54. The number of hydrogen-bond donors (Lipinski definition) is 1. The van der Waals surface area contributed by atoms with Crippen LogP contribution in [0.1, 0.15) is 25.7 Å². The molecular formula is C10H19NOS. The fourth-order valence-electron chi connectivity index (χ4n) is 2.78. The molecule has 0 aromatic rings. The summed E-state index contributed by atoms with van der Waals surface area (Å²) >= 11 is 1.92. The smallest absolute Gasteiger partial charge is 0.0649 e. The topological polar surface area (TPSA) is 35.2 Å². The van der Waals surface area contributed by atoms with Crippen LogP contribution in [-0.4, -0.2) is 30.8 Å². The van der Waals surface area contributed by atoms with Gasteiger partial charge in [0.1, 0.15) is 0 Å². The maximum Gasteiger partial charge on any atom is 0.0649 e. The van der Waals surface area contributed by atoms with Gasteiger partial charge in [0.05, 0.1) is 12.2 Å². The summed E-state index contributed by atoms with van der Waals surface area (Å²) in [6.45, 7) is 0.814. The van der Waals surface area contributed by atoms with Crippen LogP contribution in [0, 0.1) is 5.41 Å². The Labute approximate surface area is 84.6 Å². The first kappa shape index (κ1) is 9.81. The predicted molar refractivity (Wildman–Crippen MR) is 57.0 cm³/mol. The van der Waals surface area contributed by atoms with E-state index in [1.54, 1.807) is 0 Å². The second-order valence-electron chi connectivity index (χ2n) is 4.34. The molecule has 0 aliphatic carbocycles. The summed E-state index contributed by atoms with van der Waals surface area (Å²) in [6.07, 6.45) is 8.16. The number of rotatable bonds is 4. The molecule has 2 fully saturated rings. The zero-order valence-electron chi connectivity index (χ0n) is 8.29. The fourth-order valence-corrected chi connectivity index (χ4v) is 3.39. The third kappa shape index (κ3) is 1.62. The second-order valence-corrected chi connectivity index (χ2v) is 5.32. The van der Waals surface area contributed by atoms with Gasteiger partial charge in [-0.2, -0.15) is 11.8 Å². The Morgan fingerprint density at radius 2 is 2.38 bits per heavy atom. The van der Waals surface area contributed by atoms with E-state index in [1.165, 1.54) is 31.4 Å². The summed E-state index contributed by atoms with van der Waals surface area (Å²) in [6, 6.07) is 0. The molecule has 13 heavy (non-hydrogen) atoms. The van der Waals surface area contributed by atoms with Gasteiger partial charge in [0.25, 0.3) is 0 Å². The largest absolute Gasteiger partial charge is 0.374 e. The summed E-state index contributed by atoms with van der Waals surface area (Å²) in [7, 11) is 0. The zero-order valence-corrected chi connectivity index (χ0v) is 9.11. The monoisotopic (exact) mass is 201 g/mol. The van der Waals surface area contributed by atoms with Gasteiger partial charge in [-0.25, -0.2) is 0 Å². The molecule has 0 aromatic heterocycles. The van der Waals surface area contributed by atoms with Crippen molar-refractivity contribution in [1.29, 1.82) is 0 Å². The minimum absolute atomic E-state index is 0.339. The van der Waals surface area contributed by atoms with Crippen LogP contribution >= 0.6 is 11.8 Å². The quantitative estimate of drug-likeness (QED) is 0.751. The molecule has 2 aliphatic rings. The molecular weight excluding hydrogens is 182 g/mol. The first-order valence-electron chi connectivity index (χ1n) is 5.15. The predicted octanol–water partition coefficient (Wildman–Crippen LogP) is 1.64. The van der Waals surface area contributed by atoms with Crippen molar-refractivity contribution in [3.05, 3.63) is 0 Å². The molecule has 3 unspecified atom stereocenters. The molecule has 2 heterocycles. The van der Waals surface area contributed by atoms with Crippen molar-refractivity contribution in [3.8, 4) is 0 Å². The second kappa shape index (κ2) is 3.79. The lowest BCUT2D eigenvalue weighted by Gasteiger charge is -2.33. The van der Waals surface area contributed by atoms with E-state index in [0.717, 1.165) is 6.54 Å². The van der Waals surface area contributed by atoms with Crippen molar-refractivity contribution in [2.24, 2.45) is 11.1 Å². The highest BCUT2D eigenvalue weighted by Gasteiger charge is 2.50. The summed E-state index contributed by atoms with van der Waals surface area (Å²) in [4.78, 5) is 0. The molecule has 3 heteroatoms. The Balaban J connectivity index is 1.99. The molecule has 2 saturated heterocycles. The summed E-state index contributed by atoms with van der Waals surface area (Å²) in [5, 5.41) is 0. The average molecular weight is 201 g/mol. The van der Waals surface area contributed by atoms with Gasteiger partial charge in [-0.15, -0.1) is 0 Å². The maximum absolute atomic E-state index is 5.91. The van der Waals surface area contributed by atoms with E-state index in [4.69, 9.17) is 10.5 Å². The van der Waals surface area contributed by atoms with E-state index in [0.29, 0.717) is 17.6 Å². The van der Waals surface area contributed by atoms with E-state index in [1.807, 2.05) is 11.8 Å². The number of fused-ring (bicyclic) bond motifs is 2. The van der Waals surface area contributed by atoms with Crippen molar-refractivity contribution in [3.63, 3.8) is 0 Å². The molecule has 0 saturated carbocycles. The van der Waals surface area contributed by atoms with Crippen LogP contribution in [-0.2, 0) is 4.74 Å². The molecule has 0 spiro atoms. The van der Waals surface area contributed by atoms with Gasteiger partial charge in [0.15, 0.2) is 0 Å². The van der Waals surface area contributed by atoms with Gasteiger partial charge >= 0.3 is 0 Å². The van der Waals surface area contributed by atoms with Gasteiger partial charge in [-0.3, -0.25) is 0 Å². The minimum atomic E-state index is 0.339. The van der Waals surface area contributed by atoms with Crippen LogP contribution in [0.5, 0.6) is 0 Å². The average Bonchev–Trinajstić information content (AvgIpc) is 2.74. The Morgan fingerprint density at radius 1 is 1.54 bits per heavy atom. The zero-order chi connectivity index (χ0) is 9.31. The molecule has 0 aromatic carbocycles. The van der Waals surface area contributed by atoms with Gasteiger partial charge in [0, 0.05) is 12.0 Å². The van der Waals surface area contributed by atoms with Crippen molar-refractivity contribution in [2.75, 3.05) is 18.6 Å². The van der Waals surface area contributed by atoms with Gasteiger partial charge in [-0.1, -0.05) is 0 Å². The van der Waals surface area contributed by atoms with Crippen molar-refractivity contribution < 1.29 is 4.74 Å². The van der Waals surface area contributed by atoms with Gasteiger partial charge in [-0.05, 0) is 37.7 Å². The third-order valence-electron chi connectivity index (χ3n) is 3.64. The molecule has 0 radical (unpaired) electrons. The fraction of sp³-hybridized carbons (Fsp3) is 1.00. The van der Waals surface area contributed by atoms with E-state index in [9.17, 15) is 0 Å². The SMILES string of the molecule is CSCCC1(CN)CC2CCC1O2. The highest BCUT2D eigenvalue weighted by Crippen LogP contribution is 2.49. The maximum atomic E-state index is 5.91. The number of nitrogens with two attached hydrogens (primary N) is 1. The minimum Gasteiger partial charge on any atom is -0.374 e. The number of ether oxygens (including phenoxy) is 1. The Bertz CT molecular complexity index is 188. The molecule has 2 bridgehead atoms. The molecule has 2 nitrogen and oxygen atoms in total. The standard InChI is InChI=1S/C10H19NOS/c1-13-5-4-10(7-11)6-8-2-3-9(10)12-8/h8-9H,2-7,11H2,1H3. The highest BCUT2D eigenvalue weighted by atomic mass is 32.2. The molecule has 76 valence electrons. The lowest BCUT2D eigenvalue weighted by atomic mass is 9.72. The van der Waals surface area contributed by atoms with Crippen LogP contribution in [0.4, 0.5) is 0 Å². The molecule has 2 rings (SSSR count). The van der Waals surface area contributed by atoms with Gasteiger partial charge < -0.3 is 10.5 Å². The van der Waals surface area contributed by atoms with Crippen LogP contribution in [0.3, 0.4) is 0 Å². The highest BCUT2D eigenvalue weighted by molar-refractivity contribution is 7.98. The first-order chi connectivity index (χ1) is 6.30. The number of hydrogen-bond acceptors (Lipinski definition) is 3. The normalized spacial score (nSPS) is 42.9. The van der Waals surface area contributed by atoms with E-state index < -0.39 is 0 Å². The Morgan fingerprint density at radius 3 is 2.85 bits per heavy atom. The summed E-state index contributed by atoms with van der Waals surface area (Å²) in [5.41, 5.74) is 6.25. The lowest BCUT2D eigenvalue weighted by Crippen LogP contribution is -2.40. The lowest BCUT2D eigenvalue weighted by molar-refractivity contribution is 0.0625. The Kier molecular flexibility index (Phi) is 2.86. The molecule has 2 aliphatic heterocycles.